The molecule has 2 heterocycles. The summed E-state index contributed by atoms with van der Waals surface area (Å²) >= 11 is 3.60. The first-order chi connectivity index (χ1) is 9.65. The van der Waals surface area contributed by atoms with Crippen molar-refractivity contribution in [1.82, 2.24) is 9.97 Å². The van der Waals surface area contributed by atoms with E-state index in [2.05, 4.69) is 25.9 Å². The summed E-state index contributed by atoms with van der Waals surface area (Å²) in [4.78, 5) is 27.7. The molecule has 106 valence electrons. The Hall–Kier alpha value is -1.44. The normalized spacial score (nSPS) is 20.9. The molecule has 20 heavy (non-hydrogen) atoms. The highest BCUT2D eigenvalue weighted by atomic mass is 79.9. The fourth-order valence-electron chi connectivity index (χ4n) is 2.19. The van der Waals surface area contributed by atoms with Gasteiger partial charge in [0, 0.05) is 0 Å². The summed E-state index contributed by atoms with van der Waals surface area (Å²) in [6, 6.07) is 5.47. The lowest BCUT2D eigenvalue weighted by Crippen LogP contribution is -2.32. The van der Waals surface area contributed by atoms with E-state index in [0.29, 0.717) is 30.9 Å². The molecule has 2 N–H and O–H groups in total. The molecular weight excluding hydrogens is 328 g/mol. The monoisotopic (exact) mass is 340 g/mol. The molecule has 2 atom stereocenters. The third-order valence-electron chi connectivity index (χ3n) is 3.23. The lowest BCUT2D eigenvalue weighted by Gasteiger charge is -2.27. The number of H-pyrrole nitrogens is 2. The van der Waals surface area contributed by atoms with E-state index in [1.807, 2.05) is 12.1 Å². The molecule has 0 spiro atoms. The molecule has 6 nitrogen and oxygen atoms in total. The molecule has 0 amide bonds. The standard InChI is InChI=1S/C13H13BrN2O4/c14-11(10-6-19-3-4-20-10)7-1-2-8-9(5-7)16-13(18)12(17)15-8/h1-2,5,10-11H,3-4,6H2,(H,15,17)(H,16,18). The number of aromatic nitrogens is 2. The number of alkyl halides is 1. The van der Waals surface area contributed by atoms with Gasteiger partial charge in [0.1, 0.15) is 0 Å². The molecule has 0 radical (unpaired) electrons. The lowest BCUT2D eigenvalue weighted by molar-refractivity contribution is -0.0876. The van der Waals surface area contributed by atoms with E-state index >= 15 is 0 Å². The highest BCUT2D eigenvalue weighted by Gasteiger charge is 2.24. The van der Waals surface area contributed by atoms with Gasteiger partial charge < -0.3 is 19.4 Å². The highest BCUT2D eigenvalue weighted by Crippen LogP contribution is 2.30. The van der Waals surface area contributed by atoms with Gasteiger partial charge in [0.25, 0.3) is 0 Å². The van der Waals surface area contributed by atoms with Crippen LogP contribution in [0.1, 0.15) is 10.4 Å². The Morgan fingerprint density at radius 1 is 1.15 bits per heavy atom. The highest BCUT2D eigenvalue weighted by molar-refractivity contribution is 9.09. The summed E-state index contributed by atoms with van der Waals surface area (Å²) < 4.78 is 11.0. The van der Waals surface area contributed by atoms with Crippen LogP contribution in [-0.2, 0) is 9.47 Å². The predicted molar refractivity (Wildman–Crippen MR) is 77.4 cm³/mol. The summed E-state index contributed by atoms with van der Waals surface area (Å²) in [6.45, 7) is 1.71. The van der Waals surface area contributed by atoms with Crippen molar-refractivity contribution in [2.24, 2.45) is 0 Å². The predicted octanol–water partition coefficient (Wildman–Crippen LogP) is 1.07. The maximum absolute atomic E-state index is 11.4. The summed E-state index contributed by atoms with van der Waals surface area (Å²) in [6.07, 6.45) is -0.0734. The number of fused-ring (bicyclic) bond motifs is 1. The minimum atomic E-state index is -0.655. The molecule has 1 aliphatic rings. The number of aromatic amines is 2. The molecule has 1 aromatic heterocycles. The molecule has 1 aliphatic heterocycles. The quantitative estimate of drug-likeness (QED) is 0.632. The van der Waals surface area contributed by atoms with Crippen LogP contribution in [0.3, 0.4) is 0 Å². The molecule has 1 saturated heterocycles. The van der Waals surface area contributed by atoms with Gasteiger partial charge in [-0.2, -0.15) is 0 Å². The van der Waals surface area contributed by atoms with Crippen LogP contribution in [0.15, 0.2) is 27.8 Å². The lowest BCUT2D eigenvalue weighted by atomic mass is 10.1. The van der Waals surface area contributed by atoms with Crippen LogP contribution in [0, 0.1) is 0 Å². The number of benzene rings is 1. The number of nitrogens with one attached hydrogen (secondary N) is 2. The van der Waals surface area contributed by atoms with Crippen LogP contribution in [-0.4, -0.2) is 35.9 Å². The van der Waals surface area contributed by atoms with Crippen molar-refractivity contribution >= 4 is 27.0 Å². The van der Waals surface area contributed by atoms with E-state index < -0.39 is 11.1 Å². The van der Waals surface area contributed by atoms with Gasteiger partial charge in [-0.25, -0.2) is 0 Å². The Morgan fingerprint density at radius 3 is 2.60 bits per heavy atom. The molecule has 2 unspecified atom stereocenters. The smallest absolute Gasteiger partial charge is 0.314 e. The topological polar surface area (TPSA) is 84.2 Å². The Balaban J connectivity index is 1.97. The molecule has 7 heteroatoms. The zero-order chi connectivity index (χ0) is 14.1. The van der Waals surface area contributed by atoms with Gasteiger partial charge in [0.05, 0.1) is 41.8 Å². The first-order valence-corrected chi connectivity index (χ1v) is 7.16. The number of rotatable bonds is 2. The molecular formula is C13H13BrN2O4. The molecule has 1 fully saturated rings. The third kappa shape index (κ3) is 2.56. The van der Waals surface area contributed by atoms with E-state index in [0.717, 1.165) is 5.56 Å². The Labute approximate surface area is 122 Å². The van der Waals surface area contributed by atoms with E-state index in [-0.39, 0.29) is 10.9 Å². The summed E-state index contributed by atoms with van der Waals surface area (Å²) in [5.74, 6) is 0. The average molecular weight is 341 g/mol. The number of hydrogen-bond donors (Lipinski definition) is 2. The second kappa shape index (κ2) is 5.51. The van der Waals surface area contributed by atoms with Crippen molar-refractivity contribution in [1.29, 1.82) is 0 Å². The van der Waals surface area contributed by atoms with E-state index in [9.17, 15) is 9.59 Å². The van der Waals surface area contributed by atoms with Crippen molar-refractivity contribution in [2.45, 2.75) is 10.9 Å². The maximum Gasteiger partial charge on any atom is 0.314 e. The zero-order valence-electron chi connectivity index (χ0n) is 10.5. The first kappa shape index (κ1) is 13.5. The number of hydrogen-bond acceptors (Lipinski definition) is 4. The van der Waals surface area contributed by atoms with Crippen molar-refractivity contribution in [3.8, 4) is 0 Å². The Bertz CT molecular complexity index is 733. The van der Waals surface area contributed by atoms with Crippen LogP contribution >= 0.6 is 15.9 Å². The van der Waals surface area contributed by atoms with Crippen LogP contribution in [0.5, 0.6) is 0 Å². The minimum absolute atomic E-state index is 0.0392. The molecule has 2 aromatic rings. The van der Waals surface area contributed by atoms with Crippen molar-refractivity contribution < 1.29 is 9.47 Å². The van der Waals surface area contributed by atoms with Gasteiger partial charge >= 0.3 is 11.1 Å². The van der Waals surface area contributed by atoms with Gasteiger partial charge in [-0.1, -0.05) is 22.0 Å². The Morgan fingerprint density at radius 2 is 1.90 bits per heavy atom. The van der Waals surface area contributed by atoms with Crippen molar-refractivity contribution in [2.75, 3.05) is 19.8 Å². The van der Waals surface area contributed by atoms with Gasteiger partial charge in [0.2, 0.25) is 0 Å². The summed E-state index contributed by atoms with van der Waals surface area (Å²) in [7, 11) is 0. The van der Waals surface area contributed by atoms with Gasteiger partial charge in [0.15, 0.2) is 0 Å². The third-order valence-corrected chi connectivity index (χ3v) is 4.35. The van der Waals surface area contributed by atoms with Crippen LogP contribution in [0.2, 0.25) is 0 Å². The number of halogens is 1. The summed E-state index contributed by atoms with van der Waals surface area (Å²) in [5, 5.41) is 0. The fourth-order valence-corrected chi connectivity index (χ4v) is 2.78. The van der Waals surface area contributed by atoms with Gasteiger partial charge in [-0.3, -0.25) is 9.59 Å². The zero-order valence-corrected chi connectivity index (χ0v) is 12.1. The van der Waals surface area contributed by atoms with Gasteiger partial charge in [-0.05, 0) is 17.7 Å². The van der Waals surface area contributed by atoms with Crippen molar-refractivity contribution in [3.05, 3.63) is 44.5 Å². The second-order valence-corrected chi connectivity index (χ2v) is 5.59. The maximum atomic E-state index is 11.4. The SMILES string of the molecule is O=c1[nH]c2ccc(C(Br)C3COCCO3)cc2[nH]c1=O. The van der Waals surface area contributed by atoms with Crippen molar-refractivity contribution in [3.63, 3.8) is 0 Å². The average Bonchev–Trinajstić information content (AvgIpc) is 2.48. The summed E-state index contributed by atoms with van der Waals surface area (Å²) in [5.41, 5.74) is 0.838. The van der Waals surface area contributed by atoms with E-state index in [1.165, 1.54) is 0 Å². The van der Waals surface area contributed by atoms with Crippen LogP contribution in [0.25, 0.3) is 11.0 Å². The molecule has 0 saturated carbocycles. The van der Waals surface area contributed by atoms with Crippen LogP contribution < -0.4 is 11.1 Å². The first-order valence-electron chi connectivity index (χ1n) is 6.25. The largest absolute Gasteiger partial charge is 0.376 e. The van der Waals surface area contributed by atoms with Gasteiger partial charge in [-0.15, -0.1) is 0 Å². The molecule has 1 aromatic carbocycles. The van der Waals surface area contributed by atoms with E-state index in [1.54, 1.807) is 6.07 Å². The molecule has 3 rings (SSSR count). The minimum Gasteiger partial charge on any atom is -0.376 e. The van der Waals surface area contributed by atoms with Crippen LogP contribution in [0.4, 0.5) is 0 Å². The molecule has 0 aliphatic carbocycles. The second-order valence-electron chi connectivity index (χ2n) is 4.60. The van der Waals surface area contributed by atoms with E-state index in [4.69, 9.17) is 9.47 Å². The molecule has 0 bridgehead atoms. The fraction of sp³-hybridized carbons (Fsp3) is 0.385. The number of ether oxygens (including phenoxy) is 2. The Kier molecular flexibility index (Phi) is 3.73.